The molecule has 0 radical (unpaired) electrons. The number of nitrogens with two attached hydrogens (primary N) is 1. The van der Waals surface area contributed by atoms with Gasteiger partial charge in [-0.15, -0.1) is 0 Å². The Balaban J connectivity index is 0.000000185. The number of nitrogens with one attached hydrogen (secondary N) is 2. The first kappa shape index (κ1) is 32.9. The molecule has 2 heterocycles. The lowest BCUT2D eigenvalue weighted by Crippen LogP contribution is -2.30. The van der Waals surface area contributed by atoms with Crippen molar-refractivity contribution in [1.29, 1.82) is 0 Å². The van der Waals surface area contributed by atoms with Gasteiger partial charge in [0.2, 0.25) is 11.8 Å². The average molecular weight is 644 g/mol. The fraction of sp³-hybridized carbons (Fsp3) is 0.314. The van der Waals surface area contributed by atoms with E-state index in [-0.39, 0.29) is 23.9 Å². The Morgan fingerprint density at radius 2 is 1.17 bits per heavy atom. The van der Waals surface area contributed by atoms with E-state index < -0.39 is 11.9 Å². The van der Waals surface area contributed by atoms with Crippen molar-refractivity contribution in [2.24, 2.45) is 5.73 Å². The van der Waals surface area contributed by atoms with Crippen LogP contribution in [-0.4, -0.2) is 70.3 Å². The molecule has 47 heavy (non-hydrogen) atoms. The zero-order valence-electron chi connectivity index (χ0n) is 26.4. The Hall–Kier alpha value is -5.52. The third-order valence-corrected chi connectivity index (χ3v) is 8.04. The fourth-order valence-corrected chi connectivity index (χ4v) is 5.59. The number of hydrogen-bond acceptors (Lipinski definition) is 9. The van der Waals surface area contributed by atoms with Crippen molar-refractivity contribution >= 4 is 45.2 Å². The standard InChI is InChI=1S/C18H19NO5.C17H18N2O4/c1-22-16-9-13-11(8-14(16)18(21)23-2)4-3-5-15(13)24-10-12-6-7-17(20)19-12;1-22-15-8-12-10(7-13(15)17(18)21)3-2-4-14(12)23-9-11-5-6-16(20)19-11/h3-5,8-9,12H,6-7,10H2,1-2H3,(H,19,20);2-4,7-8,11H,5-6,9H2,1H3,(H2,18,21)(H,19,20)/t12-;11-/m00/s1. The molecule has 246 valence electrons. The number of rotatable bonds is 10. The van der Waals surface area contributed by atoms with Gasteiger partial charge in [0.15, 0.2) is 0 Å². The first-order chi connectivity index (χ1) is 22.7. The summed E-state index contributed by atoms with van der Waals surface area (Å²) in [7, 11) is 4.33. The number of carbonyl (C=O) groups excluding carboxylic acids is 4. The van der Waals surface area contributed by atoms with Gasteiger partial charge in [-0.3, -0.25) is 14.4 Å². The first-order valence-electron chi connectivity index (χ1n) is 15.1. The van der Waals surface area contributed by atoms with Crippen LogP contribution in [0.3, 0.4) is 0 Å². The number of carbonyl (C=O) groups is 4. The molecule has 0 saturated carbocycles. The molecule has 4 aromatic rings. The Morgan fingerprint density at radius 3 is 1.57 bits per heavy atom. The van der Waals surface area contributed by atoms with E-state index in [1.165, 1.54) is 21.3 Å². The molecule has 0 unspecified atom stereocenters. The first-order valence-corrected chi connectivity index (χ1v) is 15.1. The number of primary amides is 1. The Labute approximate surface area is 271 Å². The van der Waals surface area contributed by atoms with Gasteiger partial charge in [-0.25, -0.2) is 4.79 Å². The van der Waals surface area contributed by atoms with Crippen LogP contribution in [0.2, 0.25) is 0 Å². The maximum atomic E-state index is 11.9. The summed E-state index contributed by atoms with van der Waals surface area (Å²) in [5, 5.41) is 9.11. The van der Waals surface area contributed by atoms with Gasteiger partial charge in [-0.2, -0.15) is 0 Å². The summed E-state index contributed by atoms with van der Waals surface area (Å²) < 4.78 is 27.1. The SMILES string of the molecule is COC(=O)c1cc2cccc(OC[C@@H]3CCC(=O)N3)c2cc1OC.COc1cc2c(OC[C@@H]3CCC(=O)N3)cccc2cc1C(N)=O. The maximum absolute atomic E-state index is 11.9. The fourth-order valence-electron chi connectivity index (χ4n) is 5.59. The minimum atomic E-state index is -0.538. The normalized spacial score (nSPS) is 16.9. The van der Waals surface area contributed by atoms with Gasteiger partial charge in [0.25, 0.3) is 5.91 Å². The predicted octanol–water partition coefficient (Wildman–Crippen LogP) is 3.90. The van der Waals surface area contributed by atoms with Crippen molar-refractivity contribution in [3.05, 3.63) is 71.8 Å². The second-order valence-corrected chi connectivity index (χ2v) is 11.1. The van der Waals surface area contributed by atoms with Crippen LogP contribution in [0.5, 0.6) is 23.0 Å². The lowest BCUT2D eigenvalue weighted by atomic mass is 10.0. The van der Waals surface area contributed by atoms with Crippen molar-refractivity contribution in [2.45, 2.75) is 37.8 Å². The highest BCUT2D eigenvalue weighted by atomic mass is 16.5. The van der Waals surface area contributed by atoms with Crippen molar-refractivity contribution in [1.82, 2.24) is 10.6 Å². The number of hydrogen-bond donors (Lipinski definition) is 3. The van der Waals surface area contributed by atoms with E-state index in [4.69, 9.17) is 29.4 Å². The van der Waals surface area contributed by atoms with Crippen LogP contribution >= 0.6 is 0 Å². The molecule has 0 bridgehead atoms. The lowest BCUT2D eigenvalue weighted by Gasteiger charge is -2.15. The average Bonchev–Trinajstić information content (AvgIpc) is 3.71. The van der Waals surface area contributed by atoms with Crippen LogP contribution < -0.4 is 35.3 Å². The minimum absolute atomic E-state index is 0.0315. The van der Waals surface area contributed by atoms with Crippen molar-refractivity contribution in [3.63, 3.8) is 0 Å². The monoisotopic (exact) mass is 643 g/mol. The molecule has 3 amide bonds. The number of fused-ring (bicyclic) bond motifs is 2. The Morgan fingerprint density at radius 1 is 0.702 bits per heavy atom. The van der Waals surface area contributed by atoms with Crippen LogP contribution in [0.15, 0.2) is 60.7 Å². The zero-order valence-corrected chi connectivity index (χ0v) is 26.4. The quantitative estimate of drug-likeness (QED) is 0.218. The van der Waals surface area contributed by atoms with Crippen molar-refractivity contribution in [3.8, 4) is 23.0 Å². The molecule has 2 atom stereocenters. The van der Waals surface area contributed by atoms with Gasteiger partial charge in [-0.05, 0) is 60.0 Å². The van der Waals surface area contributed by atoms with E-state index in [0.717, 1.165) is 34.4 Å². The highest BCUT2D eigenvalue weighted by molar-refractivity contribution is 6.02. The molecular formula is C35H37N3O9. The van der Waals surface area contributed by atoms with Gasteiger partial charge < -0.3 is 40.1 Å². The van der Waals surface area contributed by atoms with Crippen LogP contribution in [-0.2, 0) is 14.3 Å². The molecule has 4 aromatic carbocycles. The van der Waals surface area contributed by atoms with E-state index in [0.29, 0.717) is 60.2 Å². The minimum Gasteiger partial charge on any atom is -0.496 e. The molecule has 0 aromatic heterocycles. The van der Waals surface area contributed by atoms with Gasteiger partial charge >= 0.3 is 5.97 Å². The van der Waals surface area contributed by atoms with Crippen molar-refractivity contribution < 1.29 is 42.9 Å². The second-order valence-electron chi connectivity index (χ2n) is 11.1. The number of benzene rings is 4. The zero-order chi connectivity index (χ0) is 33.5. The molecule has 0 spiro atoms. The third-order valence-electron chi connectivity index (χ3n) is 8.04. The highest BCUT2D eigenvalue weighted by Gasteiger charge is 2.23. The predicted molar refractivity (Wildman–Crippen MR) is 174 cm³/mol. The van der Waals surface area contributed by atoms with E-state index in [1.807, 2.05) is 36.4 Å². The van der Waals surface area contributed by atoms with Crippen LogP contribution in [0.4, 0.5) is 0 Å². The second kappa shape index (κ2) is 14.7. The molecule has 12 nitrogen and oxygen atoms in total. The molecule has 2 fully saturated rings. The van der Waals surface area contributed by atoms with Gasteiger partial charge in [0.1, 0.15) is 41.8 Å². The molecule has 2 aliphatic heterocycles. The van der Waals surface area contributed by atoms with E-state index >= 15 is 0 Å². The number of methoxy groups -OCH3 is 3. The van der Waals surface area contributed by atoms with E-state index in [9.17, 15) is 19.2 Å². The topological polar surface area (TPSA) is 165 Å². The lowest BCUT2D eigenvalue weighted by molar-refractivity contribution is -0.120. The van der Waals surface area contributed by atoms with Crippen LogP contribution in [0, 0.1) is 0 Å². The summed E-state index contributed by atoms with van der Waals surface area (Å²) >= 11 is 0. The maximum Gasteiger partial charge on any atom is 0.341 e. The third kappa shape index (κ3) is 7.66. The Kier molecular flexibility index (Phi) is 10.3. The van der Waals surface area contributed by atoms with Gasteiger partial charge in [0, 0.05) is 23.6 Å². The van der Waals surface area contributed by atoms with E-state index in [2.05, 4.69) is 10.6 Å². The summed E-state index contributed by atoms with van der Waals surface area (Å²) in [6.45, 7) is 0.816. The molecule has 2 saturated heterocycles. The molecule has 0 aliphatic carbocycles. The molecular weight excluding hydrogens is 606 g/mol. The number of amides is 3. The summed E-state index contributed by atoms with van der Waals surface area (Å²) in [4.78, 5) is 45.9. The van der Waals surface area contributed by atoms with Crippen molar-refractivity contribution in [2.75, 3.05) is 34.5 Å². The summed E-state index contributed by atoms with van der Waals surface area (Å²) in [5.74, 6) is 1.34. The van der Waals surface area contributed by atoms with Crippen LogP contribution in [0.1, 0.15) is 46.4 Å². The van der Waals surface area contributed by atoms with Gasteiger partial charge in [-0.1, -0.05) is 24.3 Å². The summed E-state index contributed by atoms with van der Waals surface area (Å²) in [6.07, 6.45) is 2.64. The molecule has 2 aliphatic rings. The number of ether oxygens (including phenoxy) is 5. The van der Waals surface area contributed by atoms with Gasteiger partial charge in [0.05, 0.1) is 39.0 Å². The van der Waals surface area contributed by atoms with Crippen LogP contribution in [0.25, 0.3) is 21.5 Å². The largest absolute Gasteiger partial charge is 0.496 e. The number of esters is 1. The molecule has 4 N–H and O–H groups in total. The molecule has 6 rings (SSSR count). The summed E-state index contributed by atoms with van der Waals surface area (Å²) in [5.41, 5.74) is 6.09. The molecule has 12 heteroatoms. The smallest absolute Gasteiger partial charge is 0.341 e. The Bertz CT molecular complexity index is 1820. The highest BCUT2D eigenvalue weighted by Crippen LogP contribution is 2.34. The summed E-state index contributed by atoms with van der Waals surface area (Å²) in [6, 6.07) is 18.2. The van der Waals surface area contributed by atoms with E-state index in [1.54, 1.807) is 24.3 Å².